The van der Waals surface area contributed by atoms with E-state index in [1.807, 2.05) is 18.2 Å². The number of hydrogen-bond acceptors (Lipinski definition) is 1. The molecular formula is C17H19FO. The maximum Gasteiger partial charge on any atom is 0.126 e. The van der Waals surface area contributed by atoms with Crippen LogP contribution in [0.4, 0.5) is 4.39 Å². The molecule has 2 heteroatoms. The van der Waals surface area contributed by atoms with Gasteiger partial charge in [0.15, 0.2) is 0 Å². The summed E-state index contributed by atoms with van der Waals surface area (Å²) in [6.45, 7) is 0. The molecule has 1 N–H and O–H groups in total. The Labute approximate surface area is 113 Å². The molecule has 0 radical (unpaired) electrons. The van der Waals surface area contributed by atoms with Crippen LogP contribution in [0.25, 0.3) is 0 Å². The first-order valence-electron chi connectivity index (χ1n) is 6.71. The molecule has 0 saturated carbocycles. The summed E-state index contributed by atoms with van der Waals surface area (Å²) < 4.78 is 13.4. The van der Waals surface area contributed by atoms with Gasteiger partial charge in [-0.2, -0.15) is 0 Å². The first kappa shape index (κ1) is 13.8. The Morgan fingerprint density at radius 3 is 2.37 bits per heavy atom. The summed E-state index contributed by atoms with van der Waals surface area (Å²) in [5.74, 6) is -0.232. The van der Waals surface area contributed by atoms with Crippen molar-refractivity contribution in [2.24, 2.45) is 0 Å². The molecule has 0 bridgehead atoms. The molecule has 1 unspecified atom stereocenters. The van der Waals surface area contributed by atoms with E-state index in [4.69, 9.17) is 0 Å². The molecule has 0 aliphatic rings. The predicted molar refractivity (Wildman–Crippen MR) is 75.5 cm³/mol. The fourth-order valence-corrected chi connectivity index (χ4v) is 2.21. The third-order valence-corrected chi connectivity index (χ3v) is 3.26. The Kier molecular flexibility index (Phi) is 5.10. The molecule has 2 rings (SSSR count). The average Bonchev–Trinajstić information content (AvgIpc) is 2.43. The van der Waals surface area contributed by atoms with Crippen molar-refractivity contribution >= 4 is 0 Å². The van der Waals surface area contributed by atoms with Gasteiger partial charge in [0.25, 0.3) is 0 Å². The lowest BCUT2D eigenvalue weighted by Gasteiger charge is -2.11. The maximum atomic E-state index is 13.4. The van der Waals surface area contributed by atoms with Gasteiger partial charge in [0.2, 0.25) is 0 Å². The van der Waals surface area contributed by atoms with Gasteiger partial charge in [0, 0.05) is 6.42 Å². The van der Waals surface area contributed by atoms with Crippen LogP contribution in [-0.2, 0) is 12.8 Å². The minimum absolute atomic E-state index is 0.232. The summed E-state index contributed by atoms with van der Waals surface area (Å²) in [5, 5.41) is 9.94. The monoisotopic (exact) mass is 258 g/mol. The smallest absolute Gasteiger partial charge is 0.126 e. The van der Waals surface area contributed by atoms with Crippen molar-refractivity contribution in [3.63, 3.8) is 0 Å². The second kappa shape index (κ2) is 7.05. The number of benzene rings is 2. The second-order valence-electron chi connectivity index (χ2n) is 4.83. The number of halogens is 1. The van der Waals surface area contributed by atoms with E-state index >= 15 is 0 Å². The molecule has 1 nitrogen and oxygen atoms in total. The molecule has 1 atom stereocenters. The van der Waals surface area contributed by atoms with Crippen LogP contribution < -0.4 is 0 Å². The van der Waals surface area contributed by atoms with Gasteiger partial charge in [0.05, 0.1) is 6.10 Å². The minimum Gasteiger partial charge on any atom is -0.393 e. The molecule has 0 fully saturated rings. The molecule has 0 saturated heterocycles. The lowest BCUT2D eigenvalue weighted by molar-refractivity contribution is 0.161. The Balaban J connectivity index is 1.76. The van der Waals surface area contributed by atoms with Gasteiger partial charge in [-0.05, 0) is 36.5 Å². The Morgan fingerprint density at radius 2 is 1.63 bits per heavy atom. The third-order valence-electron chi connectivity index (χ3n) is 3.26. The van der Waals surface area contributed by atoms with Crippen molar-refractivity contribution in [1.29, 1.82) is 0 Å². The highest BCUT2D eigenvalue weighted by molar-refractivity contribution is 5.18. The van der Waals surface area contributed by atoms with E-state index in [0.717, 1.165) is 12.8 Å². The molecule has 0 amide bonds. The standard InChI is InChI=1S/C17H19FO/c18-17-12-5-4-10-15(17)13-16(19)11-6-9-14-7-2-1-3-8-14/h1-5,7-8,10,12,16,19H,6,9,11,13H2. The van der Waals surface area contributed by atoms with E-state index in [1.54, 1.807) is 18.2 Å². The van der Waals surface area contributed by atoms with Gasteiger partial charge in [-0.15, -0.1) is 0 Å². The quantitative estimate of drug-likeness (QED) is 0.836. The molecule has 0 aromatic heterocycles. The molecular weight excluding hydrogens is 239 g/mol. The molecule has 19 heavy (non-hydrogen) atoms. The summed E-state index contributed by atoms with van der Waals surface area (Å²) in [5.41, 5.74) is 1.87. The lowest BCUT2D eigenvalue weighted by Crippen LogP contribution is -2.11. The van der Waals surface area contributed by atoms with E-state index in [9.17, 15) is 9.50 Å². The van der Waals surface area contributed by atoms with Crippen molar-refractivity contribution in [2.45, 2.75) is 31.8 Å². The largest absolute Gasteiger partial charge is 0.393 e. The van der Waals surface area contributed by atoms with Crippen LogP contribution in [-0.4, -0.2) is 11.2 Å². The fourth-order valence-electron chi connectivity index (χ4n) is 2.21. The normalized spacial score (nSPS) is 12.3. The van der Waals surface area contributed by atoms with Gasteiger partial charge >= 0.3 is 0 Å². The topological polar surface area (TPSA) is 20.2 Å². The highest BCUT2D eigenvalue weighted by Crippen LogP contribution is 2.13. The molecule has 0 aliphatic carbocycles. The van der Waals surface area contributed by atoms with Crippen LogP contribution in [0.5, 0.6) is 0 Å². The Hall–Kier alpha value is -1.67. The number of aryl methyl sites for hydroxylation is 1. The zero-order valence-corrected chi connectivity index (χ0v) is 10.9. The van der Waals surface area contributed by atoms with Gasteiger partial charge in [-0.3, -0.25) is 0 Å². The van der Waals surface area contributed by atoms with Crippen LogP contribution >= 0.6 is 0 Å². The fraction of sp³-hybridized carbons (Fsp3) is 0.294. The van der Waals surface area contributed by atoms with Gasteiger partial charge < -0.3 is 5.11 Å². The number of aliphatic hydroxyl groups excluding tert-OH is 1. The van der Waals surface area contributed by atoms with Crippen LogP contribution in [0.1, 0.15) is 24.0 Å². The van der Waals surface area contributed by atoms with E-state index in [0.29, 0.717) is 18.4 Å². The zero-order chi connectivity index (χ0) is 13.5. The maximum absolute atomic E-state index is 13.4. The lowest BCUT2D eigenvalue weighted by atomic mass is 10.0. The molecule has 100 valence electrons. The molecule has 0 aliphatic heterocycles. The van der Waals surface area contributed by atoms with Crippen LogP contribution in [0.3, 0.4) is 0 Å². The van der Waals surface area contributed by atoms with Gasteiger partial charge in [-0.25, -0.2) is 4.39 Å². The first-order valence-corrected chi connectivity index (χ1v) is 6.71. The van der Waals surface area contributed by atoms with Crippen LogP contribution in [0.15, 0.2) is 54.6 Å². The summed E-state index contributed by atoms with van der Waals surface area (Å²) in [7, 11) is 0. The van der Waals surface area contributed by atoms with Gasteiger partial charge in [-0.1, -0.05) is 48.5 Å². The molecule has 0 spiro atoms. The highest BCUT2D eigenvalue weighted by atomic mass is 19.1. The highest BCUT2D eigenvalue weighted by Gasteiger charge is 2.08. The molecule has 2 aromatic rings. The number of aliphatic hydroxyl groups is 1. The van der Waals surface area contributed by atoms with Crippen molar-refractivity contribution in [2.75, 3.05) is 0 Å². The van der Waals surface area contributed by atoms with E-state index < -0.39 is 6.10 Å². The second-order valence-corrected chi connectivity index (χ2v) is 4.83. The zero-order valence-electron chi connectivity index (χ0n) is 10.9. The summed E-state index contributed by atoms with van der Waals surface area (Å²) in [6, 6.07) is 16.8. The summed E-state index contributed by atoms with van der Waals surface area (Å²) in [4.78, 5) is 0. The minimum atomic E-state index is -0.472. The van der Waals surface area contributed by atoms with E-state index in [-0.39, 0.29) is 5.82 Å². The number of rotatable bonds is 6. The first-order chi connectivity index (χ1) is 9.25. The van der Waals surface area contributed by atoms with Crippen molar-refractivity contribution in [1.82, 2.24) is 0 Å². The van der Waals surface area contributed by atoms with Crippen LogP contribution in [0, 0.1) is 5.82 Å². The van der Waals surface area contributed by atoms with E-state index in [1.165, 1.54) is 11.6 Å². The predicted octanol–water partition coefficient (Wildman–Crippen LogP) is 3.75. The van der Waals surface area contributed by atoms with Crippen LogP contribution in [0.2, 0.25) is 0 Å². The van der Waals surface area contributed by atoms with Crippen molar-refractivity contribution in [3.8, 4) is 0 Å². The molecule has 2 aromatic carbocycles. The molecule has 0 heterocycles. The average molecular weight is 258 g/mol. The Bertz CT molecular complexity index is 496. The summed E-state index contributed by atoms with van der Waals surface area (Å²) >= 11 is 0. The van der Waals surface area contributed by atoms with E-state index in [2.05, 4.69) is 12.1 Å². The Morgan fingerprint density at radius 1 is 0.947 bits per heavy atom. The van der Waals surface area contributed by atoms with Gasteiger partial charge in [0.1, 0.15) is 5.82 Å². The number of hydrogen-bond donors (Lipinski definition) is 1. The SMILES string of the molecule is OC(CCCc1ccccc1)Cc1ccccc1F. The van der Waals surface area contributed by atoms with Crippen molar-refractivity contribution < 1.29 is 9.50 Å². The van der Waals surface area contributed by atoms with Crippen molar-refractivity contribution in [3.05, 3.63) is 71.5 Å². The summed E-state index contributed by atoms with van der Waals surface area (Å²) in [6.07, 6.45) is 2.49. The third kappa shape index (κ3) is 4.49.